The highest BCUT2D eigenvalue weighted by molar-refractivity contribution is 5.95. The maximum absolute atomic E-state index is 13.4. The van der Waals surface area contributed by atoms with Crippen molar-refractivity contribution in [2.45, 2.75) is 6.61 Å². The third kappa shape index (κ3) is 3.06. The van der Waals surface area contributed by atoms with Crippen molar-refractivity contribution >= 4 is 11.7 Å². The zero-order valence-corrected chi connectivity index (χ0v) is 10.9. The van der Waals surface area contributed by atoms with E-state index in [4.69, 9.17) is 10.5 Å². The minimum absolute atomic E-state index is 0.0667. The lowest BCUT2D eigenvalue weighted by molar-refractivity contribution is 0.0601. The van der Waals surface area contributed by atoms with Gasteiger partial charge in [-0.3, -0.25) is 0 Å². The number of carbonyl (C=O) groups excluding carboxylic acids is 1. The summed E-state index contributed by atoms with van der Waals surface area (Å²) in [6, 6.07) is 11.0. The predicted octanol–water partition coefficient (Wildman–Crippen LogP) is 2.77. The van der Waals surface area contributed by atoms with E-state index in [9.17, 15) is 9.18 Å². The number of carbonyl (C=O) groups is 1. The first-order valence-electron chi connectivity index (χ1n) is 5.96. The summed E-state index contributed by atoms with van der Waals surface area (Å²) in [4.78, 5) is 11.5. The van der Waals surface area contributed by atoms with Gasteiger partial charge < -0.3 is 15.2 Å². The van der Waals surface area contributed by atoms with Crippen LogP contribution in [0.15, 0.2) is 42.5 Å². The molecule has 0 bridgehead atoms. The van der Waals surface area contributed by atoms with Crippen molar-refractivity contribution in [3.8, 4) is 5.75 Å². The first-order valence-corrected chi connectivity index (χ1v) is 5.96. The van der Waals surface area contributed by atoms with Crippen LogP contribution in [0.25, 0.3) is 0 Å². The molecule has 2 aromatic rings. The molecule has 0 radical (unpaired) electrons. The molecule has 2 N–H and O–H groups in total. The number of hydrogen-bond donors (Lipinski definition) is 1. The average molecular weight is 275 g/mol. The van der Waals surface area contributed by atoms with Crippen molar-refractivity contribution in [2.75, 3.05) is 12.8 Å². The second kappa shape index (κ2) is 6.06. The Balaban J connectivity index is 2.14. The molecule has 0 fully saturated rings. The normalized spacial score (nSPS) is 10.1. The number of methoxy groups -OCH3 is 1. The SMILES string of the molecule is COC(=O)c1cc(OCc2ccccc2F)ccc1N. The summed E-state index contributed by atoms with van der Waals surface area (Å²) in [7, 11) is 1.27. The Hall–Kier alpha value is -2.56. The van der Waals surface area contributed by atoms with Gasteiger partial charge in [0, 0.05) is 11.3 Å². The average Bonchev–Trinajstić information content (AvgIpc) is 2.47. The lowest BCUT2D eigenvalue weighted by Gasteiger charge is -2.09. The van der Waals surface area contributed by atoms with E-state index in [0.717, 1.165) is 0 Å². The van der Waals surface area contributed by atoms with E-state index in [-0.39, 0.29) is 18.0 Å². The highest BCUT2D eigenvalue weighted by atomic mass is 19.1. The minimum atomic E-state index is -0.543. The van der Waals surface area contributed by atoms with Crippen LogP contribution >= 0.6 is 0 Å². The van der Waals surface area contributed by atoms with Gasteiger partial charge in [-0.05, 0) is 24.3 Å². The fraction of sp³-hybridized carbons (Fsp3) is 0.133. The summed E-state index contributed by atoms with van der Waals surface area (Å²) < 4.78 is 23.5. The van der Waals surface area contributed by atoms with Crippen molar-refractivity contribution in [3.05, 3.63) is 59.4 Å². The lowest BCUT2D eigenvalue weighted by atomic mass is 10.1. The molecule has 5 heteroatoms. The second-order valence-electron chi connectivity index (χ2n) is 4.12. The van der Waals surface area contributed by atoms with Gasteiger partial charge in [0.15, 0.2) is 0 Å². The number of halogens is 1. The van der Waals surface area contributed by atoms with Crippen molar-refractivity contribution in [1.29, 1.82) is 0 Å². The standard InChI is InChI=1S/C15H14FNO3/c1-19-15(18)12-8-11(6-7-14(12)17)20-9-10-4-2-3-5-13(10)16/h2-8H,9,17H2,1H3. The van der Waals surface area contributed by atoms with E-state index < -0.39 is 5.97 Å². The van der Waals surface area contributed by atoms with E-state index >= 15 is 0 Å². The van der Waals surface area contributed by atoms with E-state index in [1.54, 1.807) is 30.3 Å². The molecule has 0 aliphatic rings. The summed E-state index contributed by atoms with van der Waals surface area (Å²) in [5.74, 6) is -0.460. The van der Waals surface area contributed by atoms with Crippen molar-refractivity contribution in [3.63, 3.8) is 0 Å². The smallest absolute Gasteiger partial charge is 0.340 e. The molecule has 20 heavy (non-hydrogen) atoms. The van der Waals surface area contributed by atoms with Crippen LogP contribution in [0.1, 0.15) is 15.9 Å². The Morgan fingerprint density at radius 2 is 2.00 bits per heavy atom. The summed E-state index contributed by atoms with van der Waals surface area (Å²) >= 11 is 0. The number of anilines is 1. The van der Waals surface area contributed by atoms with E-state index in [2.05, 4.69) is 4.74 Å². The molecule has 104 valence electrons. The van der Waals surface area contributed by atoms with Crippen LogP contribution in [0.2, 0.25) is 0 Å². The van der Waals surface area contributed by atoms with Crippen LogP contribution < -0.4 is 10.5 Å². The van der Waals surface area contributed by atoms with Gasteiger partial charge in [-0.25, -0.2) is 9.18 Å². The molecule has 0 aliphatic heterocycles. The van der Waals surface area contributed by atoms with Crippen LogP contribution in [0.5, 0.6) is 5.75 Å². The number of nitrogen functional groups attached to an aromatic ring is 1. The van der Waals surface area contributed by atoms with Gasteiger partial charge in [-0.2, -0.15) is 0 Å². The molecular formula is C15H14FNO3. The summed E-state index contributed by atoms with van der Waals surface area (Å²) in [6.45, 7) is 0.0667. The Morgan fingerprint density at radius 1 is 1.25 bits per heavy atom. The number of hydrogen-bond acceptors (Lipinski definition) is 4. The third-order valence-corrected chi connectivity index (χ3v) is 2.78. The Labute approximate surface area is 115 Å². The summed E-state index contributed by atoms with van der Waals surface area (Å²) in [5, 5.41) is 0. The molecule has 0 saturated carbocycles. The largest absolute Gasteiger partial charge is 0.489 e. The highest BCUT2D eigenvalue weighted by Crippen LogP contribution is 2.21. The number of nitrogens with two attached hydrogens (primary N) is 1. The van der Waals surface area contributed by atoms with Crippen molar-refractivity contribution < 1.29 is 18.7 Å². The lowest BCUT2D eigenvalue weighted by Crippen LogP contribution is -2.06. The molecule has 2 rings (SSSR count). The number of ether oxygens (including phenoxy) is 2. The molecule has 4 nitrogen and oxygen atoms in total. The quantitative estimate of drug-likeness (QED) is 0.688. The molecule has 0 aliphatic carbocycles. The zero-order valence-electron chi connectivity index (χ0n) is 10.9. The Morgan fingerprint density at radius 3 is 2.70 bits per heavy atom. The van der Waals surface area contributed by atoms with Gasteiger partial charge in [0.05, 0.1) is 12.7 Å². The van der Waals surface area contributed by atoms with Gasteiger partial charge >= 0.3 is 5.97 Å². The molecule has 0 unspecified atom stereocenters. The second-order valence-corrected chi connectivity index (χ2v) is 4.12. The van der Waals surface area contributed by atoms with E-state index in [1.165, 1.54) is 19.2 Å². The molecule has 0 spiro atoms. The monoisotopic (exact) mass is 275 g/mol. The first-order chi connectivity index (χ1) is 9.61. The van der Waals surface area contributed by atoms with Crippen molar-refractivity contribution in [2.24, 2.45) is 0 Å². The molecule has 0 saturated heterocycles. The zero-order chi connectivity index (χ0) is 14.5. The third-order valence-electron chi connectivity index (χ3n) is 2.78. The van der Waals surface area contributed by atoms with Gasteiger partial charge in [-0.15, -0.1) is 0 Å². The summed E-state index contributed by atoms with van der Waals surface area (Å²) in [6.07, 6.45) is 0. The van der Waals surface area contributed by atoms with Crippen LogP contribution in [0, 0.1) is 5.82 Å². The van der Waals surface area contributed by atoms with Gasteiger partial charge in [0.1, 0.15) is 18.2 Å². The fourth-order valence-electron chi connectivity index (χ4n) is 1.69. The minimum Gasteiger partial charge on any atom is -0.489 e. The topological polar surface area (TPSA) is 61.5 Å². The molecular weight excluding hydrogens is 261 g/mol. The fourth-order valence-corrected chi connectivity index (χ4v) is 1.69. The predicted molar refractivity (Wildman–Crippen MR) is 72.9 cm³/mol. The van der Waals surface area contributed by atoms with E-state index in [0.29, 0.717) is 17.0 Å². The maximum Gasteiger partial charge on any atom is 0.340 e. The Kier molecular flexibility index (Phi) is 4.20. The van der Waals surface area contributed by atoms with Gasteiger partial charge in [0.25, 0.3) is 0 Å². The van der Waals surface area contributed by atoms with Crippen molar-refractivity contribution in [1.82, 2.24) is 0 Å². The van der Waals surface area contributed by atoms with Gasteiger partial charge in [0.2, 0.25) is 0 Å². The molecule has 2 aromatic carbocycles. The van der Waals surface area contributed by atoms with Crippen LogP contribution in [-0.4, -0.2) is 13.1 Å². The first kappa shape index (κ1) is 13.9. The number of rotatable bonds is 4. The van der Waals surface area contributed by atoms with E-state index in [1.807, 2.05) is 0 Å². The molecule has 0 aromatic heterocycles. The number of esters is 1. The maximum atomic E-state index is 13.4. The molecule has 0 heterocycles. The summed E-state index contributed by atoms with van der Waals surface area (Å²) in [5.41, 5.74) is 6.64. The highest BCUT2D eigenvalue weighted by Gasteiger charge is 2.11. The van der Waals surface area contributed by atoms with Crippen LogP contribution in [0.4, 0.5) is 10.1 Å². The molecule has 0 atom stereocenters. The van der Waals surface area contributed by atoms with Gasteiger partial charge in [-0.1, -0.05) is 18.2 Å². The molecule has 0 amide bonds. The Bertz CT molecular complexity index is 628. The van der Waals surface area contributed by atoms with Crippen LogP contribution in [-0.2, 0) is 11.3 Å². The van der Waals surface area contributed by atoms with Crippen LogP contribution in [0.3, 0.4) is 0 Å². The number of benzene rings is 2.